The van der Waals surface area contributed by atoms with Crippen molar-refractivity contribution >= 4 is 29.2 Å². The monoisotopic (exact) mass is 303 g/mol. The normalized spacial score (nSPS) is 22.9. The van der Waals surface area contributed by atoms with Crippen LogP contribution in [-0.2, 0) is 9.53 Å². The summed E-state index contributed by atoms with van der Waals surface area (Å²) < 4.78 is 10.5. The predicted octanol–water partition coefficient (Wildman–Crippen LogP) is 3.50. The first-order chi connectivity index (χ1) is 9.10. The van der Waals surface area contributed by atoms with E-state index in [0.29, 0.717) is 10.8 Å². The number of pyridine rings is 1. The number of carbonyl (C=O) groups excluding carboxylic acids is 1. The van der Waals surface area contributed by atoms with Gasteiger partial charge in [0.25, 0.3) is 0 Å². The average molecular weight is 304 g/mol. The zero-order valence-corrected chi connectivity index (χ0v) is 12.1. The number of nitrogens with zero attached hydrogens (tertiary/aromatic N) is 1. The number of rotatable bonds is 3. The molecule has 1 saturated carbocycles. The van der Waals surface area contributed by atoms with Crippen LogP contribution in [0.3, 0.4) is 0 Å². The molecule has 0 spiro atoms. The van der Waals surface area contributed by atoms with E-state index in [9.17, 15) is 4.79 Å². The van der Waals surface area contributed by atoms with Gasteiger partial charge in [0, 0.05) is 6.07 Å². The van der Waals surface area contributed by atoms with Gasteiger partial charge in [-0.2, -0.15) is 0 Å². The molecule has 1 heterocycles. The Morgan fingerprint density at radius 3 is 2.58 bits per heavy atom. The van der Waals surface area contributed by atoms with Crippen molar-refractivity contribution in [3.8, 4) is 5.75 Å². The van der Waals surface area contributed by atoms with Crippen molar-refractivity contribution in [2.75, 3.05) is 7.11 Å². The van der Waals surface area contributed by atoms with Crippen LogP contribution in [0.25, 0.3) is 0 Å². The lowest BCUT2D eigenvalue weighted by atomic mass is 9.87. The van der Waals surface area contributed by atoms with Crippen LogP contribution in [0.5, 0.6) is 5.75 Å². The zero-order valence-electron chi connectivity index (χ0n) is 10.6. The van der Waals surface area contributed by atoms with E-state index >= 15 is 0 Å². The molecule has 1 aromatic rings. The Balaban J connectivity index is 1.88. The van der Waals surface area contributed by atoms with Gasteiger partial charge < -0.3 is 9.47 Å². The van der Waals surface area contributed by atoms with Gasteiger partial charge in [-0.1, -0.05) is 23.2 Å². The van der Waals surface area contributed by atoms with Crippen LogP contribution in [-0.4, -0.2) is 24.2 Å². The molecule has 6 heteroatoms. The van der Waals surface area contributed by atoms with E-state index in [1.807, 2.05) is 0 Å². The maximum absolute atomic E-state index is 11.4. The van der Waals surface area contributed by atoms with Gasteiger partial charge in [0.2, 0.25) is 0 Å². The third-order valence-electron chi connectivity index (χ3n) is 3.28. The molecule has 1 aliphatic carbocycles. The molecule has 19 heavy (non-hydrogen) atoms. The number of hydrogen-bond donors (Lipinski definition) is 0. The summed E-state index contributed by atoms with van der Waals surface area (Å²) in [5.74, 6) is 0.474. The summed E-state index contributed by atoms with van der Waals surface area (Å²) in [6, 6.07) is 1.66. The first-order valence-corrected chi connectivity index (χ1v) is 6.91. The van der Waals surface area contributed by atoms with Crippen molar-refractivity contribution in [3.05, 3.63) is 22.4 Å². The molecule has 0 atom stereocenters. The van der Waals surface area contributed by atoms with Crippen molar-refractivity contribution in [1.29, 1.82) is 0 Å². The summed E-state index contributed by atoms with van der Waals surface area (Å²) in [6.45, 7) is 0. The number of hydrogen-bond acceptors (Lipinski definition) is 4. The lowest BCUT2D eigenvalue weighted by molar-refractivity contribution is -0.147. The second-order valence-corrected chi connectivity index (χ2v) is 5.32. The highest BCUT2D eigenvalue weighted by Gasteiger charge is 2.27. The molecule has 0 bridgehead atoms. The molecule has 4 nitrogen and oxygen atoms in total. The fraction of sp³-hybridized carbons (Fsp3) is 0.538. The van der Waals surface area contributed by atoms with Crippen LogP contribution in [0.4, 0.5) is 0 Å². The number of esters is 1. The Bertz CT molecular complexity index is 459. The van der Waals surface area contributed by atoms with Gasteiger partial charge in [-0.3, -0.25) is 4.79 Å². The molecular weight excluding hydrogens is 289 g/mol. The second-order valence-electron chi connectivity index (χ2n) is 4.56. The average Bonchev–Trinajstić information content (AvgIpc) is 2.43. The summed E-state index contributed by atoms with van der Waals surface area (Å²) in [5, 5.41) is 0.644. The van der Waals surface area contributed by atoms with Crippen LogP contribution in [0.2, 0.25) is 10.2 Å². The van der Waals surface area contributed by atoms with E-state index in [1.165, 1.54) is 7.11 Å². The van der Waals surface area contributed by atoms with Gasteiger partial charge in [0.15, 0.2) is 0 Å². The number of ether oxygens (including phenoxy) is 2. The summed E-state index contributed by atoms with van der Waals surface area (Å²) >= 11 is 11.6. The predicted molar refractivity (Wildman–Crippen MR) is 72.6 cm³/mol. The number of methoxy groups -OCH3 is 1. The topological polar surface area (TPSA) is 48.4 Å². The van der Waals surface area contributed by atoms with E-state index < -0.39 is 0 Å². The highest BCUT2D eigenvalue weighted by Crippen LogP contribution is 2.30. The summed E-state index contributed by atoms with van der Waals surface area (Å²) in [5.41, 5.74) is 0. The van der Waals surface area contributed by atoms with Gasteiger partial charge >= 0.3 is 5.97 Å². The molecule has 1 aliphatic rings. The standard InChI is InChI=1S/C13H15Cl2NO3/c1-18-13(17)8-2-4-9(5-3-8)19-10-6-11(14)12(15)16-7-10/h6-9H,2-5H2,1H3/t8-,9-. The number of carbonyl (C=O) groups is 1. The van der Waals surface area contributed by atoms with Crippen LogP contribution in [0, 0.1) is 5.92 Å². The molecule has 0 aliphatic heterocycles. The molecule has 2 rings (SSSR count). The molecule has 0 unspecified atom stereocenters. The van der Waals surface area contributed by atoms with Crippen molar-refractivity contribution in [1.82, 2.24) is 4.98 Å². The molecule has 1 aromatic heterocycles. The molecule has 0 N–H and O–H groups in total. The molecule has 0 aromatic carbocycles. The van der Waals surface area contributed by atoms with Gasteiger partial charge in [-0.25, -0.2) is 4.98 Å². The second kappa shape index (κ2) is 6.44. The Morgan fingerprint density at radius 1 is 1.32 bits per heavy atom. The van der Waals surface area contributed by atoms with Crippen molar-refractivity contribution in [2.45, 2.75) is 31.8 Å². The SMILES string of the molecule is COC(=O)[C@H]1CC[C@H](Oc2cnc(Cl)c(Cl)c2)CC1. The smallest absolute Gasteiger partial charge is 0.308 e. The largest absolute Gasteiger partial charge is 0.489 e. The molecule has 0 amide bonds. The summed E-state index contributed by atoms with van der Waals surface area (Å²) in [7, 11) is 1.42. The first kappa shape index (κ1) is 14.4. The van der Waals surface area contributed by atoms with Crippen molar-refractivity contribution in [2.24, 2.45) is 5.92 Å². The third kappa shape index (κ3) is 3.74. The molecule has 104 valence electrons. The minimum Gasteiger partial charge on any atom is -0.489 e. The number of aromatic nitrogens is 1. The van der Waals surface area contributed by atoms with Crippen molar-refractivity contribution in [3.63, 3.8) is 0 Å². The van der Waals surface area contributed by atoms with Gasteiger partial charge in [0.1, 0.15) is 10.9 Å². The minimum atomic E-state index is -0.130. The van der Waals surface area contributed by atoms with E-state index in [1.54, 1.807) is 12.3 Å². The Morgan fingerprint density at radius 2 is 2.00 bits per heavy atom. The van der Waals surface area contributed by atoms with E-state index in [-0.39, 0.29) is 23.1 Å². The molecule has 0 saturated heterocycles. The maximum atomic E-state index is 11.4. The highest BCUT2D eigenvalue weighted by atomic mass is 35.5. The van der Waals surface area contributed by atoms with Crippen LogP contribution >= 0.6 is 23.2 Å². The quantitative estimate of drug-likeness (QED) is 0.633. The number of halogens is 2. The fourth-order valence-electron chi connectivity index (χ4n) is 2.24. The van der Waals surface area contributed by atoms with Crippen LogP contribution < -0.4 is 4.74 Å². The summed E-state index contributed by atoms with van der Waals surface area (Å²) in [4.78, 5) is 15.3. The molecule has 1 fully saturated rings. The Hall–Kier alpha value is -1.000. The van der Waals surface area contributed by atoms with Crippen molar-refractivity contribution < 1.29 is 14.3 Å². The van der Waals surface area contributed by atoms with Gasteiger partial charge in [-0.15, -0.1) is 0 Å². The highest BCUT2D eigenvalue weighted by molar-refractivity contribution is 6.41. The van der Waals surface area contributed by atoms with Crippen LogP contribution in [0.15, 0.2) is 12.3 Å². The Labute approximate surface area is 122 Å². The third-order valence-corrected chi connectivity index (χ3v) is 3.97. The van der Waals surface area contributed by atoms with E-state index in [2.05, 4.69) is 4.98 Å². The van der Waals surface area contributed by atoms with Crippen LogP contribution in [0.1, 0.15) is 25.7 Å². The fourth-order valence-corrected chi connectivity index (χ4v) is 2.50. The maximum Gasteiger partial charge on any atom is 0.308 e. The van der Waals surface area contributed by atoms with E-state index in [0.717, 1.165) is 25.7 Å². The zero-order chi connectivity index (χ0) is 13.8. The van der Waals surface area contributed by atoms with Gasteiger partial charge in [0.05, 0.1) is 30.4 Å². The molecular formula is C13H15Cl2NO3. The minimum absolute atomic E-state index is 0.00298. The lowest BCUT2D eigenvalue weighted by Gasteiger charge is -2.27. The lowest BCUT2D eigenvalue weighted by Crippen LogP contribution is -2.28. The van der Waals surface area contributed by atoms with Gasteiger partial charge in [-0.05, 0) is 25.7 Å². The summed E-state index contributed by atoms with van der Waals surface area (Å²) in [6.07, 6.45) is 4.85. The molecule has 0 radical (unpaired) electrons. The Kier molecular flexibility index (Phi) is 4.88. The van der Waals surface area contributed by atoms with E-state index in [4.69, 9.17) is 32.7 Å². The first-order valence-electron chi connectivity index (χ1n) is 6.15.